The van der Waals surface area contributed by atoms with Gasteiger partial charge in [-0.05, 0) is 19.4 Å². The molecule has 0 saturated carbocycles. The maximum absolute atomic E-state index is 11.2. The van der Waals surface area contributed by atoms with Crippen LogP contribution in [0.1, 0.15) is 26.2 Å². The highest BCUT2D eigenvalue weighted by Crippen LogP contribution is 2.36. The lowest BCUT2D eigenvalue weighted by atomic mass is 10.1. The quantitative estimate of drug-likeness (QED) is 0.426. The van der Waals surface area contributed by atoms with E-state index in [4.69, 9.17) is 9.25 Å². The Morgan fingerprint density at radius 2 is 2.04 bits per heavy atom. The molecule has 24 heavy (non-hydrogen) atoms. The number of hydrogen-bond donors (Lipinski definition) is 0. The smallest absolute Gasteiger partial charge is 0.358 e. The molecule has 0 fully saturated rings. The molecule has 2 rings (SSSR count). The average Bonchev–Trinajstić information content (AvgIpc) is 3.02. The first-order valence-electron chi connectivity index (χ1n) is 6.84. The summed E-state index contributed by atoms with van der Waals surface area (Å²) in [5.74, 6) is -0.168. The molecule has 1 aromatic carbocycles. The standard InChI is InChI=1S/C13H13N5O6/c1-3-8(2)16-23-7-11-14-15-13(24-11)9-5-4-6-10(17(19)20)12(9)18(21)22/h4-6H,3,7H2,1-2H3. The summed E-state index contributed by atoms with van der Waals surface area (Å²) in [7, 11) is 0. The highest BCUT2D eigenvalue weighted by atomic mass is 16.6. The zero-order chi connectivity index (χ0) is 17.7. The normalized spacial score (nSPS) is 11.3. The van der Waals surface area contributed by atoms with Gasteiger partial charge in [0, 0.05) is 6.07 Å². The van der Waals surface area contributed by atoms with Crippen LogP contribution in [0.5, 0.6) is 0 Å². The Morgan fingerprint density at radius 1 is 1.29 bits per heavy atom. The lowest BCUT2D eigenvalue weighted by molar-refractivity contribution is -0.422. The summed E-state index contributed by atoms with van der Waals surface area (Å²) in [5.41, 5.74) is -0.736. The van der Waals surface area contributed by atoms with Crippen molar-refractivity contribution in [3.63, 3.8) is 0 Å². The third-order valence-electron chi connectivity index (χ3n) is 3.01. The minimum absolute atomic E-state index is 0.0402. The van der Waals surface area contributed by atoms with Gasteiger partial charge in [0.15, 0.2) is 6.61 Å². The second-order valence-corrected chi connectivity index (χ2v) is 4.64. The van der Waals surface area contributed by atoms with Gasteiger partial charge < -0.3 is 9.25 Å². The predicted octanol–water partition coefficient (Wildman–Crippen LogP) is 2.86. The van der Waals surface area contributed by atoms with Crippen LogP contribution in [0.25, 0.3) is 11.5 Å². The van der Waals surface area contributed by atoms with Crippen LogP contribution < -0.4 is 0 Å². The van der Waals surface area contributed by atoms with Gasteiger partial charge in [0.25, 0.3) is 11.8 Å². The van der Waals surface area contributed by atoms with E-state index in [1.54, 1.807) is 6.92 Å². The van der Waals surface area contributed by atoms with Gasteiger partial charge in [-0.15, -0.1) is 10.2 Å². The Hall–Kier alpha value is -3.37. The molecule has 0 aliphatic heterocycles. The Bertz CT molecular complexity index is 800. The van der Waals surface area contributed by atoms with Crippen LogP contribution in [-0.2, 0) is 11.4 Å². The third kappa shape index (κ3) is 3.69. The Labute approximate surface area is 135 Å². The van der Waals surface area contributed by atoms with Crippen molar-refractivity contribution in [3.8, 4) is 11.5 Å². The molecule has 11 nitrogen and oxygen atoms in total. The molecule has 1 aromatic heterocycles. The second kappa shape index (κ2) is 7.26. The van der Waals surface area contributed by atoms with Gasteiger partial charge in [-0.2, -0.15) is 0 Å². The summed E-state index contributed by atoms with van der Waals surface area (Å²) in [5, 5.41) is 33.3. The van der Waals surface area contributed by atoms with Crippen molar-refractivity contribution in [1.29, 1.82) is 0 Å². The van der Waals surface area contributed by atoms with Crippen LogP contribution in [0.3, 0.4) is 0 Å². The summed E-state index contributed by atoms with van der Waals surface area (Å²) >= 11 is 0. The Balaban J connectivity index is 2.32. The first-order chi connectivity index (χ1) is 11.4. The van der Waals surface area contributed by atoms with Crippen LogP contribution in [0.2, 0.25) is 0 Å². The van der Waals surface area contributed by atoms with Crippen molar-refractivity contribution < 1.29 is 19.1 Å². The highest BCUT2D eigenvalue weighted by Gasteiger charge is 2.31. The van der Waals surface area contributed by atoms with Crippen molar-refractivity contribution in [1.82, 2.24) is 10.2 Å². The minimum atomic E-state index is -0.858. The monoisotopic (exact) mass is 335 g/mol. The van der Waals surface area contributed by atoms with Crippen molar-refractivity contribution in [2.75, 3.05) is 0 Å². The van der Waals surface area contributed by atoms with E-state index < -0.39 is 21.2 Å². The zero-order valence-corrected chi connectivity index (χ0v) is 12.8. The summed E-state index contributed by atoms with van der Waals surface area (Å²) < 4.78 is 5.27. The van der Waals surface area contributed by atoms with Crippen LogP contribution >= 0.6 is 0 Å². The first-order valence-corrected chi connectivity index (χ1v) is 6.84. The molecule has 0 spiro atoms. The molecule has 0 unspecified atom stereocenters. The number of nitro groups is 2. The van der Waals surface area contributed by atoms with Gasteiger partial charge in [0.1, 0.15) is 5.56 Å². The van der Waals surface area contributed by atoms with Crippen LogP contribution in [-0.4, -0.2) is 25.8 Å². The molecule has 11 heteroatoms. The molecule has 0 radical (unpaired) electrons. The highest BCUT2D eigenvalue weighted by molar-refractivity contribution is 5.80. The number of hydrogen-bond acceptors (Lipinski definition) is 9. The molecular weight excluding hydrogens is 322 g/mol. The molecule has 126 valence electrons. The molecule has 0 aliphatic carbocycles. The van der Waals surface area contributed by atoms with E-state index in [0.717, 1.165) is 18.2 Å². The number of nitrogens with zero attached hydrogens (tertiary/aromatic N) is 5. The number of oxime groups is 1. The van der Waals surface area contributed by atoms with Crippen molar-refractivity contribution >= 4 is 17.1 Å². The van der Waals surface area contributed by atoms with E-state index in [1.165, 1.54) is 12.1 Å². The topological polar surface area (TPSA) is 147 Å². The van der Waals surface area contributed by atoms with E-state index in [0.29, 0.717) is 0 Å². The summed E-state index contributed by atoms with van der Waals surface area (Å²) in [4.78, 5) is 25.4. The van der Waals surface area contributed by atoms with E-state index in [2.05, 4.69) is 15.4 Å². The van der Waals surface area contributed by atoms with Gasteiger partial charge >= 0.3 is 11.4 Å². The molecule has 1 heterocycles. The molecular formula is C13H13N5O6. The zero-order valence-electron chi connectivity index (χ0n) is 12.8. The predicted molar refractivity (Wildman–Crippen MR) is 81.2 cm³/mol. The lowest BCUT2D eigenvalue weighted by Gasteiger charge is -1.99. The van der Waals surface area contributed by atoms with E-state index >= 15 is 0 Å². The van der Waals surface area contributed by atoms with E-state index in [1.807, 2.05) is 6.92 Å². The van der Waals surface area contributed by atoms with Crippen molar-refractivity contribution in [2.24, 2.45) is 5.16 Å². The maximum Gasteiger partial charge on any atom is 0.358 e. The molecule has 0 aliphatic rings. The largest absolute Gasteiger partial charge is 0.417 e. The number of aromatic nitrogens is 2. The van der Waals surface area contributed by atoms with E-state index in [9.17, 15) is 20.2 Å². The van der Waals surface area contributed by atoms with Gasteiger partial charge in [-0.1, -0.05) is 18.1 Å². The number of para-hydroxylation sites is 1. The molecule has 0 N–H and O–H groups in total. The van der Waals surface area contributed by atoms with Crippen molar-refractivity contribution in [2.45, 2.75) is 26.9 Å². The average molecular weight is 335 g/mol. The molecule has 2 aromatic rings. The van der Waals surface area contributed by atoms with Gasteiger partial charge in [0.05, 0.1) is 15.6 Å². The van der Waals surface area contributed by atoms with Crippen LogP contribution in [0.15, 0.2) is 27.8 Å². The van der Waals surface area contributed by atoms with Gasteiger partial charge in [-0.3, -0.25) is 20.2 Å². The van der Waals surface area contributed by atoms with Crippen LogP contribution in [0.4, 0.5) is 11.4 Å². The van der Waals surface area contributed by atoms with Gasteiger partial charge in [-0.25, -0.2) is 0 Å². The fourth-order valence-corrected chi connectivity index (χ4v) is 1.73. The fraction of sp³-hybridized carbons (Fsp3) is 0.308. The SMILES string of the molecule is CCC(C)=NOCc1nnc(-c2cccc([N+](=O)[O-])c2[N+](=O)[O-])o1. The van der Waals surface area contributed by atoms with E-state index in [-0.39, 0.29) is 24.0 Å². The number of benzene rings is 1. The molecule has 0 saturated heterocycles. The minimum Gasteiger partial charge on any atom is -0.417 e. The first kappa shape index (κ1) is 17.0. The molecule has 0 bridgehead atoms. The van der Waals surface area contributed by atoms with Crippen molar-refractivity contribution in [3.05, 3.63) is 44.3 Å². The maximum atomic E-state index is 11.2. The summed E-state index contributed by atoms with van der Waals surface area (Å²) in [6.07, 6.45) is 0.717. The Kier molecular flexibility index (Phi) is 5.14. The number of nitro benzene ring substituents is 2. The molecule has 0 amide bonds. The Morgan fingerprint density at radius 3 is 2.67 bits per heavy atom. The van der Waals surface area contributed by atoms with Gasteiger partial charge in [0.2, 0.25) is 0 Å². The molecule has 0 atom stereocenters. The summed E-state index contributed by atoms with van der Waals surface area (Å²) in [6.45, 7) is 3.58. The lowest BCUT2D eigenvalue weighted by Crippen LogP contribution is -1.98. The third-order valence-corrected chi connectivity index (χ3v) is 3.01. The second-order valence-electron chi connectivity index (χ2n) is 4.64. The number of rotatable bonds is 7. The summed E-state index contributed by atoms with van der Waals surface area (Å²) in [6, 6.07) is 3.63. The van der Waals surface area contributed by atoms with Crippen LogP contribution in [0, 0.1) is 20.2 Å². The fourth-order valence-electron chi connectivity index (χ4n) is 1.73.